The van der Waals surface area contributed by atoms with Crippen molar-refractivity contribution in [2.24, 2.45) is 4.99 Å². The summed E-state index contributed by atoms with van der Waals surface area (Å²) in [7, 11) is 0. The first-order valence-electron chi connectivity index (χ1n) is 8.34. The number of carbonyl (C=O) groups is 1. The Labute approximate surface area is 138 Å². The van der Waals surface area contributed by atoms with Crippen LogP contribution in [-0.4, -0.2) is 35.0 Å². The average Bonchev–Trinajstić information content (AvgIpc) is 3.00. The van der Waals surface area contributed by atoms with Gasteiger partial charge in [-0.25, -0.2) is 9.78 Å². The van der Waals surface area contributed by atoms with E-state index in [4.69, 9.17) is 4.74 Å². The van der Waals surface area contributed by atoms with Crippen LogP contribution in [0.3, 0.4) is 0 Å². The van der Waals surface area contributed by atoms with Gasteiger partial charge in [-0.05, 0) is 59.1 Å². The number of amides is 1. The summed E-state index contributed by atoms with van der Waals surface area (Å²) in [6.45, 7) is 10.5. The zero-order valence-corrected chi connectivity index (χ0v) is 14.8. The third-order valence-electron chi connectivity index (χ3n) is 3.82. The van der Waals surface area contributed by atoms with Gasteiger partial charge in [0.1, 0.15) is 11.4 Å². The summed E-state index contributed by atoms with van der Waals surface area (Å²) >= 11 is 0. The summed E-state index contributed by atoms with van der Waals surface area (Å²) in [5.41, 5.74) is 1.43. The lowest BCUT2D eigenvalue weighted by molar-refractivity contribution is 0.0566. The molecule has 2 heterocycles. The lowest BCUT2D eigenvalue weighted by atomic mass is 10.1. The summed E-state index contributed by atoms with van der Waals surface area (Å²) in [5.74, 6) is 0.650. The lowest BCUT2D eigenvalue weighted by Crippen LogP contribution is -2.43. The first kappa shape index (κ1) is 17.4. The van der Waals surface area contributed by atoms with E-state index in [1.807, 2.05) is 39.8 Å². The van der Waals surface area contributed by atoms with Crippen molar-refractivity contribution in [3.05, 3.63) is 23.9 Å². The largest absolute Gasteiger partial charge is 0.443 e. The minimum Gasteiger partial charge on any atom is -0.443 e. The molecule has 0 aromatic carbocycles. The van der Waals surface area contributed by atoms with Gasteiger partial charge in [0.15, 0.2) is 0 Å². The fourth-order valence-electron chi connectivity index (χ4n) is 2.54. The number of hydrogen-bond donors (Lipinski definition) is 0. The minimum atomic E-state index is -0.539. The first-order chi connectivity index (χ1) is 10.8. The summed E-state index contributed by atoms with van der Waals surface area (Å²) in [5, 5.41) is 0. The molecule has 0 saturated carbocycles. The van der Waals surface area contributed by atoms with Crippen molar-refractivity contribution >= 4 is 17.6 Å². The van der Waals surface area contributed by atoms with Crippen LogP contribution in [0.2, 0.25) is 0 Å². The molecule has 0 unspecified atom stereocenters. The second kappa shape index (κ2) is 7.11. The molecule has 1 aliphatic heterocycles. The molecule has 1 aromatic rings. The van der Waals surface area contributed by atoms with Gasteiger partial charge in [0.05, 0.1) is 0 Å². The van der Waals surface area contributed by atoms with Crippen LogP contribution in [0.15, 0.2) is 23.3 Å². The summed E-state index contributed by atoms with van der Waals surface area (Å²) in [6.07, 6.45) is 4.17. The summed E-state index contributed by atoms with van der Waals surface area (Å²) < 4.78 is 5.60. The minimum absolute atomic E-state index is 0.000466. The zero-order valence-electron chi connectivity index (χ0n) is 14.8. The van der Waals surface area contributed by atoms with E-state index in [2.05, 4.69) is 16.9 Å². The van der Waals surface area contributed by atoms with Gasteiger partial charge in [0.2, 0.25) is 0 Å². The van der Waals surface area contributed by atoms with Gasteiger partial charge in [0.25, 0.3) is 0 Å². The van der Waals surface area contributed by atoms with Crippen LogP contribution < -0.4 is 4.90 Å². The predicted octanol–water partition coefficient (Wildman–Crippen LogP) is 4.20. The van der Waals surface area contributed by atoms with Crippen molar-refractivity contribution in [2.45, 2.75) is 65.5 Å². The maximum Gasteiger partial charge on any atom is 0.416 e. The molecule has 0 aliphatic carbocycles. The molecule has 23 heavy (non-hydrogen) atoms. The molecule has 0 N–H and O–H groups in total. The Morgan fingerprint density at radius 2 is 2.17 bits per heavy atom. The summed E-state index contributed by atoms with van der Waals surface area (Å²) in [4.78, 5) is 23.5. The van der Waals surface area contributed by atoms with Gasteiger partial charge >= 0.3 is 6.09 Å². The molecule has 5 heteroatoms. The molecule has 0 radical (unpaired) electrons. The molecule has 0 saturated heterocycles. The van der Waals surface area contributed by atoms with Crippen molar-refractivity contribution in [2.75, 3.05) is 11.4 Å². The van der Waals surface area contributed by atoms with Crippen molar-refractivity contribution in [3.8, 4) is 0 Å². The smallest absolute Gasteiger partial charge is 0.416 e. The maximum atomic E-state index is 12.8. The Morgan fingerprint density at radius 1 is 1.43 bits per heavy atom. The monoisotopic (exact) mass is 317 g/mol. The molecule has 126 valence electrons. The van der Waals surface area contributed by atoms with E-state index in [1.165, 1.54) is 0 Å². The van der Waals surface area contributed by atoms with E-state index in [-0.39, 0.29) is 12.1 Å². The number of anilines is 1. The lowest BCUT2D eigenvalue weighted by Gasteiger charge is -2.31. The Bertz CT molecular complexity index is 590. The summed E-state index contributed by atoms with van der Waals surface area (Å²) in [6, 6.07) is 3.89. The highest BCUT2D eigenvalue weighted by molar-refractivity contribution is 6.07. The van der Waals surface area contributed by atoms with E-state index < -0.39 is 5.60 Å². The van der Waals surface area contributed by atoms with E-state index in [9.17, 15) is 4.79 Å². The van der Waals surface area contributed by atoms with E-state index >= 15 is 0 Å². The fraction of sp³-hybridized carbons (Fsp3) is 0.611. The molecule has 2 rings (SSSR count). The van der Waals surface area contributed by atoms with Gasteiger partial charge in [-0.3, -0.25) is 9.89 Å². The van der Waals surface area contributed by atoms with E-state index in [0.717, 1.165) is 37.1 Å². The molecule has 0 fully saturated rings. The number of aliphatic imine (C=N–C) groups is 1. The first-order valence-corrected chi connectivity index (χ1v) is 8.34. The van der Waals surface area contributed by atoms with Crippen LogP contribution in [0.25, 0.3) is 0 Å². The number of pyridine rings is 1. The molecule has 1 amide bonds. The van der Waals surface area contributed by atoms with Gasteiger partial charge in [0, 0.05) is 30.1 Å². The molecule has 0 bridgehead atoms. The van der Waals surface area contributed by atoms with Crippen molar-refractivity contribution in [1.29, 1.82) is 0 Å². The fourth-order valence-corrected chi connectivity index (χ4v) is 2.54. The Hall–Kier alpha value is -1.91. The topological polar surface area (TPSA) is 54.8 Å². The van der Waals surface area contributed by atoms with Crippen LogP contribution >= 0.6 is 0 Å². The zero-order chi connectivity index (χ0) is 17.0. The van der Waals surface area contributed by atoms with Gasteiger partial charge in [-0.15, -0.1) is 0 Å². The molecule has 5 nitrogen and oxygen atoms in total. The second-order valence-electron chi connectivity index (χ2n) is 6.91. The molecular weight excluding hydrogens is 290 g/mol. The molecular formula is C18H27N3O2. The number of ether oxygens (including phenoxy) is 1. The standard InChI is InChI=1S/C18H27N3O2/c1-6-13(2)21(17(22)23-18(3,4)5)16-14(9-7-12-20-16)15-10-8-11-19-15/h7,9,12-13H,6,8,10-11H2,1-5H3/t13-/m1/s1. The number of carbonyl (C=O) groups excluding carboxylic acids is 1. The van der Waals surface area contributed by atoms with E-state index in [0.29, 0.717) is 5.82 Å². The third-order valence-corrected chi connectivity index (χ3v) is 3.82. The van der Waals surface area contributed by atoms with Crippen molar-refractivity contribution < 1.29 is 9.53 Å². The highest BCUT2D eigenvalue weighted by atomic mass is 16.6. The Kier molecular flexibility index (Phi) is 5.39. The van der Waals surface area contributed by atoms with Gasteiger partial charge in [-0.2, -0.15) is 0 Å². The molecule has 0 spiro atoms. The number of rotatable bonds is 4. The van der Waals surface area contributed by atoms with Crippen LogP contribution in [0, 0.1) is 0 Å². The molecule has 1 aliphatic rings. The van der Waals surface area contributed by atoms with Gasteiger partial charge < -0.3 is 4.74 Å². The quantitative estimate of drug-likeness (QED) is 0.836. The predicted molar refractivity (Wildman–Crippen MR) is 93.3 cm³/mol. The van der Waals surface area contributed by atoms with Crippen molar-refractivity contribution in [1.82, 2.24) is 4.98 Å². The Morgan fingerprint density at radius 3 is 2.74 bits per heavy atom. The average molecular weight is 317 g/mol. The SMILES string of the molecule is CC[C@@H](C)N(C(=O)OC(C)(C)C)c1ncccc1C1=NCCC1. The Balaban J connectivity index is 2.42. The van der Waals surface area contributed by atoms with E-state index in [1.54, 1.807) is 11.1 Å². The number of nitrogens with zero attached hydrogens (tertiary/aromatic N) is 3. The normalized spacial score (nSPS) is 16.0. The third kappa shape index (κ3) is 4.30. The second-order valence-corrected chi connectivity index (χ2v) is 6.91. The highest BCUT2D eigenvalue weighted by Gasteiger charge is 2.30. The number of hydrogen-bond acceptors (Lipinski definition) is 4. The molecule has 1 atom stereocenters. The van der Waals surface area contributed by atoms with Crippen LogP contribution in [0.4, 0.5) is 10.6 Å². The van der Waals surface area contributed by atoms with Gasteiger partial charge in [-0.1, -0.05) is 6.92 Å². The van der Waals surface area contributed by atoms with Crippen LogP contribution in [0.5, 0.6) is 0 Å². The van der Waals surface area contributed by atoms with Crippen molar-refractivity contribution in [3.63, 3.8) is 0 Å². The molecule has 1 aromatic heterocycles. The van der Waals surface area contributed by atoms with Crippen LogP contribution in [-0.2, 0) is 4.74 Å². The number of aromatic nitrogens is 1. The van der Waals surface area contributed by atoms with Crippen LogP contribution in [0.1, 0.15) is 59.4 Å². The highest BCUT2D eigenvalue weighted by Crippen LogP contribution is 2.26. The maximum absolute atomic E-state index is 12.8.